The maximum Gasteiger partial charge on any atom is 0.337 e. The van der Waals surface area contributed by atoms with Gasteiger partial charge in [-0.3, -0.25) is 4.84 Å². The molecule has 1 fully saturated rings. The summed E-state index contributed by atoms with van der Waals surface area (Å²) in [5, 5.41) is 1.91. The van der Waals surface area contributed by atoms with E-state index in [0.29, 0.717) is 6.42 Å². The standard InChI is InChI=1S/C15H21NO3/c1-15(2,3)16-12(11-8-6-5-7-9-11)10-13(19-16)14(17)18-4/h5-9,12-13H,10H2,1-4H3. The van der Waals surface area contributed by atoms with Crippen molar-refractivity contribution in [2.75, 3.05) is 7.11 Å². The summed E-state index contributed by atoms with van der Waals surface area (Å²) in [5.74, 6) is -0.312. The second-order valence-corrected chi connectivity index (χ2v) is 5.78. The number of benzene rings is 1. The van der Waals surface area contributed by atoms with E-state index in [4.69, 9.17) is 9.57 Å². The zero-order valence-electron chi connectivity index (χ0n) is 11.9. The van der Waals surface area contributed by atoms with Gasteiger partial charge < -0.3 is 4.74 Å². The molecule has 1 aliphatic heterocycles. The molecule has 0 aromatic heterocycles. The molecule has 0 spiro atoms. The van der Waals surface area contributed by atoms with Crippen LogP contribution in [0.4, 0.5) is 0 Å². The van der Waals surface area contributed by atoms with Gasteiger partial charge in [0, 0.05) is 12.0 Å². The summed E-state index contributed by atoms with van der Waals surface area (Å²) < 4.78 is 4.79. The Balaban J connectivity index is 2.27. The summed E-state index contributed by atoms with van der Waals surface area (Å²) >= 11 is 0. The number of methoxy groups -OCH3 is 1. The highest BCUT2D eigenvalue weighted by molar-refractivity contribution is 5.74. The molecule has 0 N–H and O–H groups in total. The SMILES string of the molecule is COC(=O)C1CC(c2ccccc2)N(C(C)(C)C)O1. The fourth-order valence-electron chi connectivity index (χ4n) is 2.40. The van der Waals surface area contributed by atoms with Crippen LogP contribution in [0.15, 0.2) is 30.3 Å². The van der Waals surface area contributed by atoms with Gasteiger partial charge in [0.1, 0.15) is 0 Å². The summed E-state index contributed by atoms with van der Waals surface area (Å²) in [6, 6.07) is 10.2. The van der Waals surface area contributed by atoms with Crippen LogP contribution in [0.1, 0.15) is 38.8 Å². The van der Waals surface area contributed by atoms with Crippen molar-refractivity contribution in [3.8, 4) is 0 Å². The Morgan fingerprint density at radius 2 is 1.95 bits per heavy atom. The van der Waals surface area contributed by atoms with E-state index in [1.54, 1.807) is 0 Å². The fraction of sp³-hybridized carbons (Fsp3) is 0.533. The quantitative estimate of drug-likeness (QED) is 0.769. The number of rotatable bonds is 2. The van der Waals surface area contributed by atoms with Crippen molar-refractivity contribution in [2.45, 2.75) is 44.9 Å². The molecule has 2 rings (SSSR count). The number of hydrogen-bond donors (Lipinski definition) is 0. The molecule has 0 aliphatic carbocycles. The molecular weight excluding hydrogens is 242 g/mol. The molecule has 1 aromatic rings. The highest BCUT2D eigenvalue weighted by Crippen LogP contribution is 2.39. The predicted octanol–water partition coefficient (Wildman–Crippen LogP) is 2.71. The molecule has 2 atom stereocenters. The van der Waals surface area contributed by atoms with Crippen molar-refractivity contribution in [3.63, 3.8) is 0 Å². The van der Waals surface area contributed by atoms with E-state index in [9.17, 15) is 4.79 Å². The van der Waals surface area contributed by atoms with Crippen LogP contribution in [0.3, 0.4) is 0 Å². The molecule has 104 valence electrons. The number of nitrogens with zero attached hydrogens (tertiary/aromatic N) is 1. The minimum Gasteiger partial charge on any atom is -0.467 e. The van der Waals surface area contributed by atoms with Crippen LogP contribution in [0.2, 0.25) is 0 Å². The van der Waals surface area contributed by atoms with E-state index in [-0.39, 0.29) is 17.6 Å². The van der Waals surface area contributed by atoms with E-state index in [2.05, 4.69) is 32.9 Å². The molecule has 1 aromatic carbocycles. The van der Waals surface area contributed by atoms with Crippen molar-refractivity contribution < 1.29 is 14.4 Å². The maximum absolute atomic E-state index is 11.7. The summed E-state index contributed by atoms with van der Waals surface area (Å²) in [5.41, 5.74) is 0.979. The van der Waals surface area contributed by atoms with Crippen LogP contribution in [-0.4, -0.2) is 29.8 Å². The minimum atomic E-state index is -0.519. The van der Waals surface area contributed by atoms with E-state index < -0.39 is 6.10 Å². The Morgan fingerprint density at radius 1 is 1.32 bits per heavy atom. The highest BCUT2D eigenvalue weighted by atomic mass is 16.7. The molecule has 0 saturated carbocycles. The van der Waals surface area contributed by atoms with Gasteiger partial charge in [-0.1, -0.05) is 30.3 Å². The third kappa shape index (κ3) is 2.96. The van der Waals surface area contributed by atoms with Crippen LogP contribution in [0.5, 0.6) is 0 Å². The maximum atomic E-state index is 11.7. The van der Waals surface area contributed by atoms with Gasteiger partial charge in [0.2, 0.25) is 0 Å². The Hall–Kier alpha value is -1.39. The first-order valence-electron chi connectivity index (χ1n) is 6.52. The Kier molecular flexibility index (Phi) is 3.92. The topological polar surface area (TPSA) is 38.8 Å². The second-order valence-electron chi connectivity index (χ2n) is 5.78. The summed E-state index contributed by atoms with van der Waals surface area (Å²) in [4.78, 5) is 17.5. The highest BCUT2D eigenvalue weighted by Gasteiger charge is 2.43. The smallest absolute Gasteiger partial charge is 0.337 e. The number of ether oxygens (including phenoxy) is 1. The van der Waals surface area contributed by atoms with E-state index in [0.717, 1.165) is 5.56 Å². The second kappa shape index (κ2) is 5.31. The van der Waals surface area contributed by atoms with Gasteiger partial charge in [-0.2, -0.15) is 5.06 Å². The molecular formula is C15H21NO3. The molecule has 0 radical (unpaired) electrons. The predicted molar refractivity (Wildman–Crippen MR) is 72.3 cm³/mol. The molecule has 19 heavy (non-hydrogen) atoms. The van der Waals surface area contributed by atoms with Crippen molar-refractivity contribution >= 4 is 5.97 Å². The van der Waals surface area contributed by atoms with Crippen molar-refractivity contribution in [3.05, 3.63) is 35.9 Å². The van der Waals surface area contributed by atoms with Gasteiger partial charge in [0.25, 0.3) is 0 Å². The van der Waals surface area contributed by atoms with Crippen LogP contribution in [0, 0.1) is 0 Å². The van der Waals surface area contributed by atoms with Gasteiger partial charge >= 0.3 is 5.97 Å². The number of hydroxylamine groups is 2. The average Bonchev–Trinajstić information content (AvgIpc) is 2.84. The first-order chi connectivity index (χ1) is 8.93. The normalized spacial score (nSPS) is 24.4. The van der Waals surface area contributed by atoms with Gasteiger partial charge in [0.05, 0.1) is 13.2 Å². The number of carbonyl (C=O) groups is 1. The Bertz CT molecular complexity index is 438. The summed E-state index contributed by atoms with van der Waals surface area (Å²) in [7, 11) is 1.39. The van der Waals surface area contributed by atoms with Crippen LogP contribution < -0.4 is 0 Å². The lowest BCUT2D eigenvalue weighted by molar-refractivity contribution is -0.220. The first kappa shape index (κ1) is 14.0. The van der Waals surface area contributed by atoms with Crippen molar-refractivity contribution in [2.24, 2.45) is 0 Å². The van der Waals surface area contributed by atoms with Crippen LogP contribution >= 0.6 is 0 Å². The summed E-state index contributed by atoms with van der Waals surface area (Å²) in [6.45, 7) is 6.22. The van der Waals surface area contributed by atoms with E-state index in [1.807, 2.05) is 23.3 Å². The molecule has 4 nitrogen and oxygen atoms in total. The Labute approximate surface area is 114 Å². The molecule has 1 saturated heterocycles. The number of carbonyl (C=O) groups excluding carboxylic acids is 1. The van der Waals surface area contributed by atoms with Crippen LogP contribution in [0.25, 0.3) is 0 Å². The molecule has 2 unspecified atom stereocenters. The van der Waals surface area contributed by atoms with Crippen molar-refractivity contribution in [1.29, 1.82) is 0 Å². The summed E-state index contributed by atoms with van der Waals surface area (Å²) in [6.07, 6.45) is 0.1000. The van der Waals surface area contributed by atoms with E-state index in [1.165, 1.54) is 7.11 Å². The Morgan fingerprint density at radius 3 is 2.47 bits per heavy atom. The number of hydrogen-bond acceptors (Lipinski definition) is 4. The lowest BCUT2D eigenvalue weighted by atomic mass is 9.98. The third-order valence-electron chi connectivity index (χ3n) is 3.27. The lowest BCUT2D eigenvalue weighted by Crippen LogP contribution is -2.40. The first-order valence-corrected chi connectivity index (χ1v) is 6.52. The molecule has 0 bridgehead atoms. The molecule has 0 amide bonds. The van der Waals surface area contributed by atoms with Gasteiger partial charge in [-0.15, -0.1) is 0 Å². The zero-order valence-corrected chi connectivity index (χ0v) is 11.9. The molecule has 1 aliphatic rings. The monoisotopic (exact) mass is 263 g/mol. The molecule has 1 heterocycles. The minimum absolute atomic E-state index is 0.0744. The van der Waals surface area contributed by atoms with Gasteiger partial charge in [0.15, 0.2) is 6.10 Å². The largest absolute Gasteiger partial charge is 0.467 e. The van der Waals surface area contributed by atoms with Crippen molar-refractivity contribution in [1.82, 2.24) is 5.06 Å². The third-order valence-corrected chi connectivity index (χ3v) is 3.27. The molecule has 4 heteroatoms. The average molecular weight is 263 g/mol. The number of esters is 1. The van der Waals surface area contributed by atoms with E-state index >= 15 is 0 Å². The van der Waals surface area contributed by atoms with Crippen LogP contribution in [-0.2, 0) is 14.4 Å². The zero-order chi connectivity index (χ0) is 14.0. The van der Waals surface area contributed by atoms with Gasteiger partial charge in [-0.25, -0.2) is 4.79 Å². The van der Waals surface area contributed by atoms with Gasteiger partial charge in [-0.05, 0) is 26.3 Å². The lowest BCUT2D eigenvalue weighted by Gasteiger charge is -2.35. The fourth-order valence-corrected chi connectivity index (χ4v) is 2.40.